The molecular weight excluding hydrogens is 398 g/mol. The van der Waals surface area contributed by atoms with Gasteiger partial charge in [-0.15, -0.1) is 5.10 Å². The quantitative estimate of drug-likeness (QED) is 0.634. The van der Waals surface area contributed by atoms with Gasteiger partial charge in [0.1, 0.15) is 5.69 Å². The first-order valence-electron chi connectivity index (χ1n) is 9.26. The molecule has 10 nitrogen and oxygen atoms in total. The molecule has 1 aromatic carbocycles. The number of imide groups is 1. The Morgan fingerprint density at radius 2 is 1.83 bits per heavy atom. The second-order valence-electron chi connectivity index (χ2n) is 7.05. The van der Waals surface area contributed by atoms with Gasteiger partial charge in [0.25, 0.3) is 0 Å². The average molecular weight is 419 g/mol. The Kier molecular flexibility index (Phi) is 5.19. The molecule has 0 N–H and O–H groups in total. The van der Waals surface area contributed by atoms with Crippen LogP contribution < -0.4 is 4.90 Å². The minimum absolute atomic E-state index is 0.0954. The number of hydrogen-bond donors (Lipinski definition) is 0. The standard InChI is InChI=1S/C18H21N5O5S/c1-28-12-13-10-22(20-19-13)15-8-9-21(11-15)29(26,27)16-4-2-14(3-5-16)23-17(24)6-7-18(23)25/h2-5,10,15H,6-9,11-12H2,1H3/t15-/m0/s1. The third-order valence-corrected chi connectivity index (χ3v) is 7.01. The summed E-state index contributed by atoms with van der Waals surface area (Å²) in [4.78, 5) is 24.9. The fourth-order valence-electron chi connectivity index (χ4n) is 3.63. The van der Waals surface area contributed by atoms with E-state index in [1.807, 2.05) is 0 Å². The van der Waals surface area contributed by atoms with Gasteiger partial charge in [-0.05, 0) is 30.7 Å². The summed E-state index contributed by atoms with van der Waals surface area (Å²) in [7, 11) is -2.12. The monoisotopic (exact) mass is 419 g/mol. The number of methoxy groups -OCH3 is 1. The molecule has 1 atom stereocenters. The zero-order valence-corrected chi connectivity index (χ0v) is 16.7. The lowest BCUT2D eigenvalue weighted by Crippen LogP contribution is -2.30. The Balaban J connectivity index is 1.48. The molecule has 1 aromatic heterocycles. The van der Waals surface area contributed by atoms with Gasteiger partial charge in [-0.25, -0.2) is 13.1 Å². The van der Waals surface area contributed by atoms with Gasteiger partial charge >= 0.3 is 0 Å². The summed E-state index contributed by atoms with van der Waals surface area (Å²) in [6.07, 6.45) is 2.76. The molecule has 0 bridgehead atoms. The van der Waals surface area contributed by atoms with Crippen molar-refractivity contribution in [2.75, 3.05) is 25.1 Å². The van der Waals surface area contributed by atoms with Crippen molar-refractivity contribution in [1.29, 1.82) is 0 Å². The molecule has 29 heavy (non-hydrogen) atoms. The molecule has 0 aliphatic carbocycles. The Morgan fingerprint density at radius 3 is 2.48 bits per heavy atom. The molecule has 0 saturated carbocycles. The summed E-state index contributed by atoms with van der Waals surface area (Å²) >= 11 is 0. The number of sulfonamides is 1. The average Bonchev–Trinajstić information content (AvgIpc) is 3.43. The number of ether oxygens (including phenoxy) is 1. The van der Waals surface area contributed by atoms with Crippen molar-refractivity contribution >= 4 is 27.5 Å². The topological polar surface area (TPSA) is 115 Å². The van der Waals surface area contributed by atoms with Gasteiger partial charge in [0.2, 0.25) is 21.8 Å². The normalized spacial score (nSPS) is 20.7. The lowest BCUT2D eigenvalue weighted by Gasteiger charge is -2.18. The van der Waals surface area contributed by atoms with Gasteiger partial charge in [0, 0.05) is 33.0 Å². The Hall–Kier alpha value is -2.63. The molecule has 0 spiro atoms. The minimum Gasteiger partial charge on any atom is -0.378 e. The first-order valence-corrected chi connectivity index (χ1v) is 10.7. The number of hydrogen-bond acceptors (Lipinski definition) is 7. The molecule has 0 radical (unpaired) electrons. The number of rotatable bonds is 6. The summed E-state index contributed by atoms with van der Waals surface area (Å²) in [5.41, 5.74) is 1.08. The van der Waals surface area contributed by atoms with Crippen LogP contribution in [0.15, 0.2) is 35.4 Å². The van der Waals surface area contributed by atoms with Crippen molar-refractivity contribution in [3.8, 4) is 0 Å². The van der Waals surface area contributed by atoms with Crippen LogP contribution in [0.25, 0.3) is 0 Å². The van der Waals surface area contributed by atoms with Gasteiger partial charge in [0.05, 0.1) is 29.4 Å². The number of aromatic nitrogens is 3. The third kappa shape index (κ3) is 3.68. The highest BCUT2D eigenvalue weighted by Crippen LogP contribution is 2.29. The highest BCUT2D eigenvalue weighted by atomic mass is 32.2. The molecule has 2 amide bonds. The maximum absolute atomic E-state index is 13.0. The second-order valence-corrected chi connectivity index (χ2v) is 8.98. The molecule has 11 heteroatoms. The molecule has 2 aliphatic heterocycles. The van der Waals surface area contributed by atoms with E-state index in [0.29, 0.717) is 37.5 Å². The van der Waals surface area contributed by atoms with Gasteiger partial charge in [-0.3, -0.25) is 14.5 Å². The molecule has 3 heterocycles. The lowest BCUT2D eigenvalue weighted by molar-refractivity contribution is -0.121. The summed E-state index contributed by atoms with van der Waals surface area (Å²) < 4.78 is 34.1. The second kappa shape index (κ2) is 7.65. The van der Waals surface area contributed by atoms with Crippen molar-refractivity contribution in [2.24, 2.45) is 0 Å². The Morgan fingerprint density at radius 1 is 1.14 bits per heavy atom. The van der Waals surface area contributed by atoms with E-state index in [9.17, 15) is 18.0 Å². The van der Waals surface area contributed by atoms with Crippen LogP contribution in [0.1, 0.15) is 31.0 Å². The van der Waals surface area contributed by atoms with E-state index < -0.39 is 10.0 Å². The smallest absolute Gasteiger partial charge is 0.243 e. The van der Waals surface area contributed by atoms with Crippen LogP contribution in [0.2, 0.25) is 0 Å². The highest BCUT2D eigenvalue weighted by molar-refractivity contribution is 7.89. The number of benzene rings is 1. The van der Waals surface area contributed by atoms with Crippen LogP contribution in [-0.4, -0.2) is 59.7 Å². The maximum Gasteiger partial charge on any atom is 0.243 e. The predicted octanol–water partition coefficient (Wildman–Crippen LogP) is 0.714. The number of anilines is 1. The molecular formula is C18H21N5O5S. The lowest BCUT2D eigenvalue weighted by atomic mass is 10.3. The van der Waals surface area contributed by atoms with E-state index in [4.69, 9.17) is 4.74 Å². The maximum atomic E-state index is 13.0. The van der Waals surface area contributed by atoms with Crippen molar-refractivity contribution < 1.29 is 22.7 Å². The number of amides is 2. The van der Waals surface area contributed by atoms with Crippen LogP contribution in [0.5, 0.6) is 0 Å². The molecule has 154 valence electrons. The Bertz CT molecular complexity index is 1020. The van der Waals surface area contributed by atoms with Crippen LogP contribution >= 0.6 is 0 Å². The van der Waals surface area contributed by atoms with Crippen molar-refractivity contribution in [2.45, 2.75) is 36.8 Å². The third-order valence-electron chi connectivity index (χ3n) is 5.13. The van der Waals surface area contributed by atoms with Gasteiger partial charge in [0.15, 0.2) is 0 Å². The zero-order chi connectivity index (χ0) is 20.6. The summed E-state index contributed by atoms with van der Waals surface area (Å²) in [5, 5.41) is 8.09. The molecule has 4 rings (SSSR count). The van der Waals surface area contributed by atoms with E-state index in [2.05, 4.69) is 10.3 Å². The van der Waals surface area contributed by atoms with Crippen LogP contribution in [0.3, 0.4) is 0 Å². The van der Waals surface area contributed by atoms with Crippen molar-refractivity contribution in [3.63, 3.8) is 0 Å². The Labute approximate surface area is 168 Å². The number of carbonyl (C=O) groups is 2. The fourth-order valence-corrected chi connectivity index (χ4v) is 5.12. The zero-order valence-electron chi connectivity index (χ0n) is 15.9. The molecule has 2 saturated heterocycles. The van der Waals surface area contributed by atoms with Gasteiger partial charge in [-0.2, -0.15) is 4.31 Å². The van der Waals surface area contributed by atoms with Crippen molar-refractivity contribution in [1.82, 2.24) is 19.3 Å². The van der Waals surface area contributed by atoms with E-state index in [1.165, 1.54) is 28.6 Å². The van der Waals surface area contributed by atoms with Gasteiger partial charge in [-0.1, -0.05) is 5.21 Å². The van der Waals surface area contributed by atoms with Crippen LogP contribution in [-0.2, 0) is 31.0 Å². The van der Waals surface area contributed by atoms with E-state index >= 15 is 0 Å². The van der Waals surface area contributed by atoms with Crippen LogP contribution in [0, 0.1) is 0 Å². The SMILES string of the molecule is COCc1cn([C@H]2CCN(S(=O)(=O)c3ccc(N4C(=O)CCC4=O)cc3)C2)nn1. The molecule has 2 aliphatic rings. The summed E-state index contributed by atoms with van der Waals surface area (Å²) in [6, 6.07) is 5.76. The summed E-state index contributed by atoms with van der Waals surface area (Å²) in [6.45, 7) is 1.02. The first kappa shape index (κ1) is 19.7. The number of carbonyl (C=O) groups excluding carboxylic acids is 2. The van der Waals surface area contributed by atoms with Gasteiger partial charge < -0.3 is 4.74 Å². The van der Waals surface area contributed by atoms with E-state index in [1.54, 1.807) is 18.0 Å². The first-order chi connectivity index (χ1) is 13.9. The van der Waals surface area contributed by atoms with Crippen molar-refractivity contribution in [3.05, 3.63) is 36.2 Å². The highest BCUT2D eigenvalue weighted by Gasteiger charge is 2.35. The molecule has 2 fully saturated rings. The summed E-state index contributed by atoms with van der Waals surface area (Å²) in [5.74, 6) is -0.540. The molecule has 2 aromatic rings. The minimum atomic E-state index is -3.69. The number of nitrogens with zero attached hydrogens (tertiary/aromatic N) is 5. The largest absolute Gasteiger partial charge is 0.378 e. The molecule has 0 unspecified atom stereocenters. The van der Waals surface area contributed by atoms with Crippen LogP contribution in [0.4, 0.5) is 5.69 Å². The van der Waals surface area contributed by atoms with E-state index in [0.717, 1.165) is 4.90 Å². The predicted molar refractivity (Wildman–Crippen MR) is 101 cm³/mol. The van der Waals surface area contributed by atoms with E-state index in [-0.39, 0.29) is 35.6 Å². The fraction of sp³-hybridized carbons (Fsp3) is 0.444.